The van der Waals surface area contributed by atoms with Crippen molar-refractivity contribution in [1.29, 1.82) is 0 Å². The summed E-state index contributed by atoms with van der Waals surface area (Å²) in [5.74, 6) is -0.142. The highest BCUT2D eigenvalue weighted by Gasteiger charge is 2.22. The summed E-state index contributed by atoms with van der Waals surface area (Å²) in [5.41, 5.74) is 1.92. The van der Waals surface area contributed by atoms with Crippen LogP contribution in [0.2, 0.25) is 5.02 Å². The van der Waals surface area contributed by atoms with Gasteiger partial charge in [-0.25, -0.2) is 0 Å². The van der Waals surface area contributed by atoms with Gasteiger partial charge in [0.05, 0.1) is 22.3 Å². The molecule has 0 aromatic heterocycles. The molecule has 0 fully saturated rings. The summed E-state index contributed by atoms with van der Waals surface area (Å²) in [6.45, 7) is 1.91. The van der Waals surface area contributed by atoms with Crippen LogP contribution in [0, 0.1) is 0 Å². The number of carbonyl (C=O) groups excluding carboxylic acids is 2. The minimum atomic E-state index is -0.265. The Balaban J connectivity index is 1.82. The molecule has 2 aromatic rings. The zero-order valence-corrected chi connectivity index (χ0v) is 13.9. The zero-order valence-electron chi connectivity index (χ0n) is 13.1. The molecule has 0 saturated carbocycles. The van der Waals surface area contributed by atoms with Crippen molar-refractivity contribution in [2.45, 2.75) is 19.3 Å². The van der Waals surface area contributed by atoms with Crippen molar-refractivity contribution in [2.24, 2.45) is 0 Å². The number of amides is 2. The van der Waals surface area contributed by atoms with Crippen LogP contribution in [0.1, 0.15) is 24.8 Å². The van der Waals surface area contributed by atoms with Crippen LogP contribution < -0.4 is 15.4 Å². The number of carbonyl (C=O) groups is 2. The van der Waals surface area contributed by atoms with Crippen LogP contribution >= 0.6 is 11.6 Å². The Bertz CT molecular complexity index is 777. The number of fused-ring (bicyclic) bond motifs is 1. The maximum atomic E-state index is 12.6. The van der Waals surface area contributed by atoms with Crippen molar-refractivity contribution in [3.63, 3.8) is 0 Å². The van der Waals surface area contributed by atoms with Crippen LogP contribution in [0.4, 0.5) is 11.4 Å². The van der Waals surface area contributed by atoms with E-state index < -0.39 is 0 Å². The van der Waals surface area contributed by atoms with Gasteiger partial charge >= 0.3 is 0 Å². The SMILES string of the molecule is CC[C@@H](C(=O)Nc1cc2c(cc1Cl)NC(=O)CO2)c1ccccc1. The first-order chi connectivity index (χ1) is 11.6. The van der Waals surface area contributed by atoms with Crippen LogP contribution in [-0.2, 0) is 9.59 Å². The zero-order chi connectivity index (χ0) is 17.1. The van der Waals surface area contributed by atoms with Crippen molar-refractivity contribution < 1.29 is 14.3 Å². The molecule has 6 heteroatoms. The lowest BCUT2D eigenvalue weighted by atomic mass is 9.95. The number of nitrogens with one attached hydrogen (secondary N) is 2. The Hall–Kier alpha value is -2.53. The van der Waals surface area contributed by atoms with E-state index in [9.17, 15) is 9.59 Å². The molecule has 124 valence electrons. The molecule has 1 aliphatic heterocycles. The van der Waals surface area contributed by atoms with Crippen LogP contribution in [0.15, 0.2) is 42.5 Å². The quantitative estimate of drug-likeness (QED) is 0.886. The van der Waals surface area contributed by atoms with Gasteiger partial charge in [-0.15, -0.1) is 0 Å². The van der Waals surface area contributed by atoms with Gasteiger partial charge in [0.25, 0.3) is 5.91 Å². The Kier molecular flexibility index (Phi) is 4.71. The monoisotopic (exact) mass is 344 g/mol. The summed E-state index contributed by atoms with van der Waals surface area (Å²) in [4.78, 5) is 24.0. The number of rotatable bonds is 4. The third kappa shape index (κ3) is 3.36. The molecule has 0 radical (unpaired) electrons. The van der Waals surface area contributed by atoms with Crippen molar-refractivity contribution in [2.75, 3.05) is 17.2 Å². The van der Waals surface area contributed by atoms with Gasteiger partial charge in [-0.1, -0.05) is 48.9 Å². The second-order valence-electron chi connectivity index (χ2n) is 5.53. The first-order valence-corrected chi connectivity index (χ1v) is 8.08. The van der Waals surface area contributed by atoms with E-state index in [0.29, 0.717) is 28.6 Å². The van der Waals surface area contributed by atoms with Gasteiger partial charge in [0.15, 0.2) is 6.61 Å². The van der Waals surface area contributed by atoms with E-state index in [-0.39, 0.29) is 24.3 Å². The van der Waals surface area contributed by atoms with E-state index in [1.165, 1.54) is 0 Å². The van der Waals surface area contributed by atoms with E-state index in [0.717, 1.165) is 5.56 Å². The maximum Gasteiger partial charge on any atom is 0.262 e. The molecule has 1 aliphatic rings. The average Bonchev–Trinajstić information content (AvgIpc) is 2.57. The number of anilines is 2. The minimum absolute atomic E-state index is 0.0520. The second-order valence-corrected chi connectivity index (χ2v) is 5.93. The van der Waals surface area contributed by atoms with Gasteiger partial charge in [0.2, 0.25) is 5.91 Å². The van der Waals surface area contributed by atoms with Gasteiger partial charge in [0.1, 0.15) is 5.75 Å². The molecule has 0 unspecified atom stereocenters. The van der Waals surface area contributed by atoms with Crippen molar-refractivity contribution in [1.82, 2.24) is 0 Å². The fourth-order valence-corrected chi connectivity index (χ4v) is 2.88. The van der Waals surface area contributed by atoms with E-state index in [1.54, 1.807) is 12.1 Å². The van der Waals surface area contributed by atoms with Crippen LogP contribution in [0.3, 0.4) is 0 Å². The molecule has 0 bridgehead atoms. The second kappa shape index (κ2) is 6.93. The smallest absolute Gasteiger partial charge is 0.262 e. The van der Waals surface area contributed by atoms with Gasteiger partial charge in [-0.05, 0) is 18.1 Å². The molecule has 2 N–H and O–H groups in total. The molecule has 2 amide bonds. The summed E-state index contributed by atoms with van der Waals surface area (Å²) in [7, 11) is 0. The Morgan fingerprint density at radius 1 is 1.33 bits per heavy atom. The van der Waals surface area contributed by atoms with Crippen molar-refractivity contribution in [3.8, 4) is 5.75 Å². The van der Waals surface area contributed by atoms with E-state index in [2.05, 4.69) is 10.6 Å². The van der Waals surface area contributed by atoms with Gasteiger partial charge in [-0.2, -0.15) is 0 Å². The highest BCUT2D eigenvalue weighted by atomic mass is 35.5. The molecule has 1 atom stereocenters. The van der Waals surface area contributed by atoms with Gasteiger partial charge in [-0.3, -0.25) is 9.59 Å². The normalized spacial score (nSPS) is 14.2. The number of ether oxygens (including phenoxy) is 1. The average molecular weight is 345 g/mol. The molecule has 3 rings (SSSR count). The molecule has 1 heterocycles. The molecular formula is C18H17ClN2O3. The number of hydrogen-bond acceptors (Lipinski definition) is 3. The summed E-state index contributed by atoms with van der Waals surface area (Å²) >= 11 is 6.23. The summed E-state index contributed by atoms with van der Waals surface area (Å²) in [6, 6.07) is 12.8. The maximum absolute atomic E-state index is 12.6. The topological polar surface area (TPSA) is 67.4 Å². The minimum Gasteiger partial charge on any atom is -0.482 e. The highest BCUT2D eigenvalue weighted by molar-refractivity contribution is 6.34. The highest BCUT2D eigenvalue weighted by Crippen LogP contribution is 2.37. The molecule has 2 aromatic carbocycles. The Morgan fingerprint density at radius 2 is 2.08 bits per heavy atom. The lowest BCUT2D eigenvalue weighted by molar-refractivity contribution is -0.119. The molecule has 0 saturated heterocycles. The van der Waals surface area contributed by atoms with E-state index >= 15 is 0 Å². The Morgan fingerprint density at radius 3 is 2.79 bits per heavy atom. The largest absolute Gasteiger partial charge is 0.482 e. The lowest BCUT2D eigenvalue weighted by Crippen LogP contribution is -2.26. The molecule has 0 spiro atoms. The van der Waals surface area contributed by atoms with E-state index in [4.69, 9.17) is 16.3 Å². The van der Waals surface area contributed by atoms with Crippen LogP contribution in [0.5, 0.6) is 5.75 Å². The van der Waals surface area contributed by atoms with Crippen LogP contribution in [-0.4, -0.2) is 18.4 Å². The number of halogens is 1. The number of benzene rings is 2. The first kappa shape index (κ1) is 16.3. The lowest BCUT2D eigenvalue weighted by Gasteiger charge is -2.21. The first-order valence-electron chi connectivity index (χ1n) is 7.70. The summed E-state index contributed by atoms with van der Waals surface area (Å²) in [6.07, 6.45) is 0.672. The van der Waals surface area contributed by atoms with Crippen LogP contribution in [0.25, 0.3) is 0 Å². The fourth-order valence-electron chi connectivity index (χ4n) is 2.67. The van der Waals surface area contributed by atoms with Crippen molar-refractivity contribution in [3.05, 3.63) is 53.1 Å². The third-order valence-electron chi connectivity index (χ3n) is 3.89. The number of hydrogen-bond donors (Lipinski definition) is 2. The summed E-state index contributed by atoms with van der Waals surface area (Å²) < 4.78 is 5.36. The summed E-state index contributed by atoms with van der Waals surface area (Å²) in [5, 5.41) is 5.88. The fraction of sp³-hybridized carbons (Fsp3) is 0.222. The third-order valence-corrected chi connectivity index (χ3v) is 4.20. The predicted octanol–water partition coefficient (Wildman–Crippen LogP) is 3.80. The molecule has 24 heavy (non-hydrogen) atoms. The standard InChI is InChI=1S/C18H17ClN2O3/c1-2-12(11-6-4-3-5-7-11)18(23)21-14-9-16-15(8-13(14)19)20-17(22)10-24-16/h3-9,12H,2,10H2,1H3,(H,20,22)(H,21,23)/t12-/m1/s1. The molecular weight excluding hydrogens is 328 g/mol. The molecule has 0 aliphatic carbocycles. The Labute approximate surface area is 145 Å². The predicted molar refractivity (Wildman–Crippen MR) is 93.7 cm³/mol. The van der Waals surface area contributed by atoms with Gasteiger partial charge < -0.3 is 15.4 Å². The van der Waals surface area contributed by atoms with Gasteiger partial charge in [0, 0.05) is 6.07 Å². The molecule has 5 nitrogen and oxygen atoms in total. The van der Waals surface area contributed by atoms with E-state index in [1.807, 2.05) is 37.3 Å². The van der Waals surface area contributed by atoms with Crippen molar-refractivity contribution >= 4 is 34.8 Å².